The fraction of sp³-hybridized carbons (Fsp3) is 0.825. The van der Waals surface area contributed by atoms with Gasteiger partial charge in [-0.25, -0.2) is 36.8 Å². The third kappa shape index (κ3) is 37.5. The number of carbonyl (C=O) groups excluding carboxylic acids is 3. The predicted octanol–water partition coefficient (Wildman–Crippen LogP) is 13.2. The van der Waals surface area contributed by atoms with E-state index in [1.54, 1.807) is 0 Å². The summed E-state index contributed by atoms with van der Waals surface area (Å²) < 4.78 is 65.8. The van der Waals surface area contributed by atoms with E-state index in [2.05, 4.69) is 103 Å². The maximum absolute atomic E-state index is 12.0. The molecule has 88 heavy (non-hydrogen) atoms. The topological polar surface area (TPSA) is 249 Å². The number of carbonyl (C=O) groups is 3. The standard InChI is InChI=1S/C23H38N3O4P.C18H27N2O5P.C15H24NO6P.3C2H6.CH4O/c1-18(2)26(19(3)4)31(30-16-14-24-5)29-15-10-13-25-23(27)28-17-22-20-11-8-6-7-9-12-21(20)22;1-19-11-13-25-26(22-2)24-12-7-10-20-18(21)23-14-17-15-8-5-3-4-6-9-16(15)17;1-20-23(18,19)22-10-6-9-16-15(17)21-11-14-12-7-4-2-3-5-8-13(12)14;4*1-2/h18-22H,8-17H2,1-4H3,(H,25,27);15-17H,5-14H2,2H3,(H,20,21);12-14H,4-11H2,1H3,(H,16,17)(H,18,19);3*1-2H3;2H,1H3. The smallest absolute Gasteiger partial charge is 0.449 e. The second-order valence-corrected chi connectivity index (χ2v) is 25.0. The van der Waals surface area contributed by atoms with Crippen LogP contribution in [0.3, 0.4) is 0 Å². The van der Waals surface area contributed by atoms with Gasteiger partial charge in [-0.05, 0) is 139 Å². The number of phosphoric acid groups is 1. The Morgan fingerprint density at radius 2 is 0.830 bits per heavy atom. The molecule has 9 unspecified atom stereocenters. The van der Waals surface area contributed by atoms with Gasteiger partial charge in [0.1, 0.15) is 13.2 Å². The summed E-state index contributed by atoms with van der Waals surface area (Å²) >= 11 is 0. The number of fused-ring (bicyclic) bond motifs is 3. The number of nitrogens with one attached hydrogen (secondary N) is 3. The Morgan fingerprint density at radius 3 is 1.14 bits per heavy atom. The Balaban J connectivity index is 0.00000123. The quantitative estimate of drug-likeness (QED) is 0.0138. The van der Waals surface area contributed by atoms with Gasteiger partial charge in [-0.15, -0.1) is 35.5 Å². The molecule has 6 aliphatic carbocycles. The third-order valence-electron chi connectivity index (χ3n) is 14.6. The van der Waals surface area contributed by atoms with Gasteiger partial charge in [0, 0.05) is 91.6 Å². The van der Waals surface area contributed by atoms with Crippen molar-refractivity contribution in [1.29, 1.82) is 0 Å². The molecule has 9 atom stereocenters. The molecule has 22 nitrogen and oxygen atoms in total. The summed E-state index contributed by atoms with van der Waals surface area (Å²) in [4.78, 5) is 51.0. The highest BCUT2D eigenvalue weighted by Gasteiger charge is 2.51. The lowest BCUT2D eigenvalue weighted by Gasteiger charge is -2.35. The zero-order valence-corrected chi connectivity index (χ0v) is 58.1. The van der Waals surface area contributed by atoms with Crippen molar-refractivity contribution >= 4 is 43.2 Å². The molecule has 3 saturated carbocycles. The predicted molar refractivity (Wildman–Crippen MR) is 347 cm³/mol. The van der Waals surface area contributed by atoms with Crippen molar-refractivity contribution in [2.24, 2.45) is 53.3 Å². The van der Waals surface area contributed by atoms with Gasteiger partial charge >= 0.3 is 34.7 Å². The summed E-state index contributed by atoms with van der Waals surface area (Å²) in [5, 5.41) is 15.2. The number of ether oxygens (including phenoxy) is 3. The van der Waals surface area contributed by atoms with Gasteiger partial charge in [0.15, 0.2) is 0 Å². The Labute approximate surface area is 532 Å². The first kappa shape index (κ1) is 84.2. The van der Waals surface area contributed by atoms with E-state index in [1.807, 2.05) is 41.5 Å². The van der Waals surface area contributed by atoms with Crippen LogP contribution in [0.5, 0.6) is 0 Å². The molecule has 0 heterocycles. The largest absolute Gasteiger partial charge is 0.471 e. The van der Waals surface area contributed by atoms with E-state index < -0.39 is 31.0 Å². The molecule has 0 aromatic rings. The van der Waals surface area contributed by atoms with Gasteiger partial charge in [-0.2, -0.15) is 0 Å². The molecule has 25 heteroatoms. The van der Waals surface area contributed by atoms with Crippen LogP contribution in [-0.2, 0) is 50.4 Å². The Kier molecular flexibility index (Phi) is 51.4. The van der Waals surface area contributed by atoms with Gasteiger partial charge in [0.2, 0.25) is 13.1 Å². The number of hydrogen-bond acceptors (Lipinski definition) is 16. The first-order valence-electron chi connectivity index (χ1n) is 31.9. The van der Waals surface area contributed by atoms with Gasteiger partial charge in [-0.1, -0.05) is 41.5 Å². The number of nitrogens with zero attached hydrogens (tertiary/aromatic N) is 3. The Hall–Kier alpha value is -3.84. The average Bonchev–Trinajstić information content (AvgIpc) is 1.73. The molecule has 0 spiro atoms. The van der Waals surface area contributed by atoms with Gasteiger partial charge in [0.05, 0.1) is 39.6 Å². The number of amides is 3. The lowest BCUT2D eigenvalue weighted by Crippen LogP contribution is -2.34. The highest BCUT2D eigenvalue weighted by Crippen LogP contribution is 2.54. The first-order chi connectivity index (χ1) is 42.7. The third-order valence-corrected chi connectivity index (χ3v) is 18.8. The van der Waals surface area contributed by atoms with E-state index >= 15 is 0 Å². The van der Waals surface area contributed by atoms with E-state index in [1.165, 1.54) is 7.11 Å². The minimum atomic E-state index is -3.93. The summed E-state index contributed by atoms with van der Waals surface area (Å²) in [6, 6.07) is 0.553. The van der Waals surface area contributed by atoms with E-state index in [0.717, 1.165) is 91.3 Å². The van der Waals surface area contributed by atoms with Crippen LogP contribution in [0.15, 0.2) is 0 Å². The van der Waals surface area contributed by atoms with E-state index in [-0.39, 0.29) is 37.4 Å². The van der Waals surface area contributed by atoms with Crippen molar-refractivity contribution in [2.75, 3.05) is 107 Å². The van der Waals surface area contributed by atoms with Crippen LogP contribution in [0.25, 0.3) is 9.69 Å². The molecule has 0 aliphatic heterocycles. The molecule has 0 saturated heterocycles. The molecule has 504 valence electrons. The van der Waals surface area contributed by atoms with E-state index in [4.69, 9.17) is 60.0 Å². The SMILES string of the molecule is CC.CC.CC.CO.COP(=O)(O)OCCCNC(=O)OCC1C2CCC#CCCC21.[C-]#[N+]CCOP(OC)OCCCNC(=O)OCC1C2CCC#CCCC21.[C-]#[N+]CCOP(OCCCNC(=O)OCC1C2CCC#CCCC21)N(C(C)C)C(C)C. The van der Waals surface area contributed by atoms with Gasteiger partial charge in [-0.3, -0.25) is 9.05 Å². The molecule has 3 amide bonds. The van der Waals surface area contributed by atoms with Gasteiger partial charge in [0.25, 0.3) is 8.53 Å². The first-order valence-corrected chi connectivity index (χ1v) is 35.6. The van der Waals surface area contributed by atoms with Crippen molar-refractivity contribution in [3.8, 4) is 35.5 Å². The molecular weight excluding hydrogens is 1190 g/mol. The van der Waals surface area contributed by atoms with Crippen LogP contribution in [0.2, 0.25) is 0 Å². The lowest BCUT2D eigenvalue weighted by atomic mass is 10.1. The van der Waals surface area contributed by atoms with E-state index in [9.17, 15) is 18.9 Å². The van der Waals surface area contributed by atoms with Crippen LogP contribution >= 0.6 is 25.0 Å². The van der Waals surface area contributed by atoms with Crippen LogP contribution in [0, 0.1) is 102 Å². The van der Waals surface area contributed by atoms with Crippen LogP contribution in [-0.4, -0.2) is 152 Å². The maximum atomic E-state index is 12.0. The number of aliphatic hydroxyl groups excluding tert-OH is 1. The van der Waals surface area contributed by atoms with Crippen LogP contribution in [0.4, 0.5) is 14.4 Å². The number of aliphatic hydroxyl groups is 1. The molecular formula is C63H111N6O16P3. The molecule has 6 rings (SSSR count). The number of rotatable bonds is 32. The summed E-state index contributed by atoms with van der Waals surface area (Å²) in [6.45, 7) is 39.0. The molecule has 6 aliphatic rings. The van der Waals surface area contributed by atoms with Crippen LogP contribution < -0.4 is 16.0 Å². The van der Waals surface area contributed by atoms with Crippen LogP contribution in [0.1, 0.15) is 166 Å². The second-order valence-electron chi connectivity index (χ2n) is 20.7. The van der Waals surface area contributed by atoms with Crippen molar-refractivity contribution in [2.45, 2.75) is 178 Å². The zero-order valence-electron chi connectivity index (χ0n) is 55.4. The highest BCUT2D eigenvalue weighted by molar-refractivity contribution is 7.47. The summed E-state index contributed by atoms with van der Waals surface area (Å²) in [6.07, 6.45) is 13.0. The monoisotopic (exact) mass is 1300 g/mol. The van der Waals surface area contributed by atoms with Gasteiger partial charge < -0.3 is 72.5 Å². The molecule has 3 fully saturated rings. The number of hydrogen-bond donors (Lipinski definition) is 5. The summed E-state index contributed by atoms with van der Waals surface area (Å²) in [7, 11) is -2.98. The summed E-state index contributed by atoms with van der Waals surface area (Å²) in [5.74, 6) is 24.6. The Morgan fingerprint density at radius 1 is 0.534 bits per heavy atom. The van der Waals surface area contributed by atoms with Crippen molar-refractivity contribution < 1.29 is 74.8 Å². The van der Waals surface area contributed by atoms with E-state index in [0.29, 0.717) is 145 Å². The minimum absolute atomic E-state index is 0.0225. The van der Waals surface area contributed by atoms with Crippen molar-refractivity contribution in [3.63, 3.8) is 0 Å². The molecule has 5 N–H and O–H groups in total. The molecule has 0 bridgehead atoms. The average molecular weight is 1300 g/mol. The maximum Gasteiger partial charge on any atom is 0.471 e. The van der Waals surface area contributed by atoms with Crippen molar-refractivity contribution in [1.82, 2.24) is 20.6 Å². The lowest BCUT2D eigenvalue weighted by molar-refractivity contribution is 0.135. The zero-order chi connectivity index (χ0) is 66.0. The normalized spacial score (nSPS) is 23.1. The molecule has 0 radical (unpaired) electrons. The number of phosphoric ester groups is 1. The number of alkyl carbamates (subject to hydrolysis) is 3. The molecule has 0 aromatic heterocycles. The van der Waals surface area contributed by atoms with Crippen molar-refractivity contribution in [3.05, 3.63) is 22.8 Å². The summed E-state index contributed by atoms with van der Waals surface area (Å²) in [5.41, 5.74) is 0. The second kappa shape index (κ2) is 53.8. The fourth-order valence-corrected chi connectivity index (χ4v) is 13.3. The molecule has 0 aromatic carbocycles. The fourth-order valence-electron chi connectivity index (χ4n) is 10.4. The minimum Gasteiger partial charge on any atom is -0.449 e. The highest BCUT2D eigenvalue weighted by atomic mass is 31.2. The Bertz CT molecular complexity index is 2130.